The summed E-state index contributed by atoms with van der Waals surface area (Å²) in [6.45, 7) is 3.44. The van der Waals surface area contributed by atoms with Gasteiger partial charge < -0.3 is 14.2 Å². The maximum absolute atomic E-state index is 11.9. The third-order valence-corrected chi connectivity index (χ3v) is 2.22. The highest BCUT2D eigenvalue weighted by atomic mass is 16.6. The van der Waals surface area contributed by atoms with Gasteiger partial charge in [-0.25, -0.2) is 14.4 Å². The molecule has 0 atom stereocenters. The van der Waals surface area contributed by atoms with Crippen LogP contribution in [0.4, 0.5) is 0 Å². The van der Waals surface area contributed by atoms with Crippen molar-refractivity contribution >= 4 is 17.9 Å². The van der Waals surface area contributed by atoms with Crippen LogP contribution in [-0.2, 0) is 23.8 Å². The molecule has 0 N–H and O–H groups in total. The van der Waals surface area contributed by atoms with Crippen molar-refractivity contribution < 1.29 is 28.6 Å². The second kappa shape index (κ2) is 8.52. The predicted octanol–water partition coefficient (Wildman–Crippen LogP) is 1.85. The van der Waals surface area contributed by atoms with Gasteiger partial charge in [0.2, 0.25) is 5.76 Å². The van der Waals surface area contributed by atoms with E-state index in [0.29, 0.717) is 0 Å². The molecule has 1 aromatic carbocycles. The molecule has 0 bridgehead atoms. The number of rotatable bonds is 6. The Labute approximate surface area is 122 Å². The van der Waals surface area contributed by atoms with E-state index in [1.807, 2.05) is 0 Å². The van der Waals surface area contributed by atoms with E-state index in [2.05, 4.69) is 4.74 Å². The van der Waals surface area contributed by atoms with Crippen molar-refractivity contribution in [1.29, 1.82) is 0 Å². The lowest BCUT2D eigenvalue weighted by molar-refractivity contribution is -0.143. The van der Waals surface area contributed by atoms with Crippen LogP contribution in [0.5, 0.6) is 0 Å². The summed E-state index contributed by atoms with van der Waals surface area (Å²) in [5, 5.41) is 0. The number of esters is 3. The van der Waals surface area contributed by atoms with Gasteiger partial charge in [0.15, 0.2) is 0 Å². The van der Waals surface area contributed by atoms with E-state index >= 15 is 0 Å². The minimum atomic E-state index is -0.908. The average molecular weight is 292 g/mol. The molecule has 6 nitrogen and oxygen atoms in total. The minimum absolute atomic E-state index is 0.0852. The number of carbonyl (C=O) groups excluding carboxylic acids is 3. The van der Waals surface area contributed by atoms with E-state index in [0.717, 1.165) is 6.08 Å². The zero-order valence-corrected chi connectivity index (χ0v) is 11.8. The van der Waals surface area contributed by atoms with E-state index < -0.39 is 23.7 Å². The summed E-state index contributed by atoms with van der Waals surface area (Å²) in [5.41, 5.74) is 0.247. The summed E-state index contributed by atoms with van der Waals surface area (Å²) in [6.07, 6.45) is 0.794. The van der Waals surface area contributed by atoms with Crippen LogP contribution < -0.4 is 0 Å². The Hall–Kier alpha value is -2.63. The highest BCUT2D eigenvalue weighted by Gasteiger charge is 2.19. The fourth-order valence-corrected chi connectivity index (χ4v) is 1.36. The van der Waals surface area contributed by atoms with Crippen LogP contribution in [0.25, 0.3) is 0 Å². The first-order valence-corrected chi connectivity index (χ1v) is 6.41. The Morgan fingerprint density at radius 3 is 2.19 bits per heavy atom. The summed E-state index contributed by atoms with van der Waals surface area (Å²) >= 11 is 0. The van der Waals surface area contributed by atoms with Crippen LogP contribution in [0.3, 0.4) is 0 Å². The van der Waals surface area contributed by atoms with E-state index in [-0.39, 0.29) is 18.8 Å². The Kier molecular flexibility index (Phi) is 6.67. The molecule has 6 heteroatoms. The van der Waals surface area contributed by atoms with Gasteiger partial charge in [0.1, 0.15) is 0 Å². The van der Waals surface area contributed by atoms with E-state index in [1.54, 1.807) is 32.0 Å². The number of ether oxygens (including phenoxy) is 3. The third-order valence-electron chi connectivity index (χ3n) is 2.22. The van der Waals surface area contributed by atoms with Gasteiger partial charge in [0, 0.05) is 0 Å². The predicted molar refractivity (Wildman–Crippen MR) is 73.2 cm³/mol. The van der Waals surface area contributed by atoms with E-state index in [4.69, 9.17) is 9.47 Å². The molecule has 0 amide bonds. The summed E-state index contributed by atoms with van der Waals surface area (Å²) in [5.74, 6) is -2.97. The van der Waals surface area contributed by atoms with Gasteiger partial charge in [0.25, 0.3) is 0 Å². The number of hydrogen-bond acceptors (Lipinski definition) is 6. The SMILES string of the molecule is CCOC(=O)/C=C(/OC(=O)c1ccccc1)C(=O)OCC. The van der Waals surface area contributed by atoms with Crippen LogP contribution in [0.2, 0.25) is 0 Å². The molecule has 0 spiro atoms. The zero-order valence-electron chi connectivity index (χ0n) is 11.8. The molecule has 0 aliphatic carbocycles. The molecule has 0 aliphatic rings. The van der Waals surface area contributed by atoms with Gasteiger partial charge >= 0.3 is 17.9 Å². The fourth-order valence-electron chi connectivity index (χ4n) is 1.36. The van der Waals surface area contributed by atoms with E-state index in [1.165, 1.54) is 12.1 Å². The summed E-state index contributed by atoms with van der Waals surface area (Å²) in [6, 6.07) is 8.08. The number of carbonyl (C=O) groups is 3. The summed E-state index contributed by atoms with van der Waals surface area (Å²) in [7, 11) is 0. The van der Waals surface area contributed by atoms with Gasteiger partial charge in [-0.15, -0.1) is 0 Å². The van der Waals surface area contributed by atoms with Gasteiger partial charge in [-0.3, -0.25) is 0 Å². The molecular weight excluding hydrogens is 276 g/mol. The lowest BCUT2D eigenvalue weighted by Gasteiger charge is -2.08. The second-order valence-corrected chi connectivity index (χ2v) is 3.74. The van der Waals surface area contributed by atoms with Crippen LogP contribution >= 0.6 is 0 Å². The Balaban J connectivity index is 2.89. The van der Waals surface area contributed by atoms with Crippen molar-refractivity contribution in [3.63, 3.8) is 0 Å². The lowest BCUT2D eigenvalue weighted by Crippen LogP contribution is -2.17. The molecule has 0 radical (unpaired) electrons. The molecule has 1 rings (SSSR count). The molecule has 21 heavy (non-hydrogen) atoms. The summed E-state index contributed by atoms with van der Waals surface area (Å²) in [4.78, 5) is 34.9. The standard InChI is InChI=1S/C15H16O6/c1-3-19-13(16)10-12(15(18)20-4-2)21-14(17)11-8-6-5-7-9-11/h5-10H,3-4H2,1-2H3/b12-10+. The van der Waals surface area contributed by atoms with Crippen molar-refractivity contribution in [3.05, 3.63) is 47.7 Å². The zero-order chi connectivity index (χ0) is 15.7. The first kappa shape index (κ1) is 16.4. The molecule has 0 saturated carbocycles. The molecule has 112 valence electrons. The molecule has 0 aliphatic heterocycles. The van der Waals surface area contributed by atoms with Crippen LogP contribution in [0, 0.1) is 0 Å². The van der Waals surface area contributed by atoms with Crippen molar-refractivity contribution in [2.45, 2.75) is 13.8 Å². The minimum Gasteiger partial charge on any atom is -0.463 e. The summed E-state index contributed by atoms with van der Waals surface area (Å²) < 4.78 is 14.3. The number of benzene rings is 1. The third kappa shape index (κ3) is 5.48. The monoisotopic (exact) mass is 292 g/mol. The molecule has 0 heterocycles. The first-order chi connectivity index (χ1) is 10.1. The normalized spacial score (nSPS) is 10.7. The molecular formula is C15H16O6. The maximum atomic E-state index is 11.9. The number of hydrogen-bond donors (Lipinski definition) is 0. The van der Waals surface area contributed by atoms with Crippen molar-refractivity contribution in [3.8, 4) is 0 Å². The highest BCUT2D eigenvalue weighted by molar-refractivity contribution is 5.99. The molecule has 0 unspecified atom stereocenters. The Morgan fingerprint density at radius 1 is 1.00 bits per heavy atom. The molecule has 0 aromatic heterocycles. The Morgan fingerprint density at radius 2 is 1.62 bits per heavy atom. The van der Waals surface area contributed by atoms with Gasteiger partial charge in [-0.1, -0.05) is 18.2 Å². The molecule has 0 fully saturated rings. The topological polar surface area (TPSA) is 78.9 Å². The Bertz CT molecular complexity index is 532. The first-order valence-electron chi connectivity index (χ1n) is 6.41. The smallest absolute Gasteiger partial charge is 0.374 e. The van der Waals surface area contributed by atoms with Gasteiger partial charge in [-0.05, 0) is 26.0 Å². The van der Waals surface area contributed by atoms with Crippen LogP contribution in [0.15, 0.2) is 42.2 Å². The van der Waals surface area contributed by atoms with E-state index in [9.17, 15) is 14.4 Å². The van der Waals surface area contributed by atoms with Crippen molar-refractivity contribution in [2.75, 3.05) is 13.2 Å². The lowest BCUT2D eigenvalue weighted by atomic mass is 10.2. The average Bonchev–Trinajstić information content (AvgIpc) is 2.48. The highest BCUT2D eigenvalue weighted by Crippen LogP contribution is 2.08. The van der Waals surface area contributed by atoms with Crippen LogP contribution in [-0.4, -0.2) is 31.1 Å². The molecule has 1 aromatic rings. The fraction of sp³-hybridized carbons (Fsp3) is 0.267. The quantitative estimate of drug-likeness (QED) is 0.344. The molecule has 0 saturated heterocycles. The largest absolute Gasteiger partial charge is 0.463 e. The van der Waals surface area contributed by atoms with Crippen molar-refractivity contribution in [1.82, 2.24) is 0 Å². The van der Waals surface area contributed by atoms with Gasteiger partial charge in [-0.2, -0.15) is 0 Å². The van der Waals surface area contributed by atoms with Gasteiger partial charge in [0.05, 0.1) is 24.9 Å². The second-order valence-electron chi connectivity index (χ2n) is 3.74. The van der Waals surface area contributed by atoms with Crippen LogP contribution in [0.1, 0.15) is 24.2 Å². The van der Waals surface area contributed by atoms with Crippen molar-refractivity contribution in [2.24, 2.45) is 0 Å². The maximum Gasteiger partial charge on any atom is 0.374 e.